The highest BCUT2D eigenvalue weighted by Gasteiger charge is 2.19. The molecule has 1 aliphatic rings. The van der Waals surface area contributed by atoms with Crippen molar-refractivity contribution in [1.29, 1.82) is 0 Å². The van der Waals surface area contributed by atoms with Crippen LogP contribution in [0.25, 0.3) is 0 Å². The van der Waals surface area contributed by atoms with Crippen molar-refractivity contribution < 1.29 is 4.39 Å². The average Bonchev–Trinajstić information content (AvgIpc) is 3.02. The summed E-state index contributed by atoms with van der Waals surface area (Å²) in [5.41, 5.74) is 4.58. The summed E-state index contributed by atoms with van der Waals surface area (Å²) < 4.78 is 13.8. The third-order valence-electron chi connectivity index (χ3n) is 4.02. The molecule has 0 spiro atoms. The summed E-state index contributed by atoms with van der Waals surface area (Å²) in [6.07, 6.45) is 0.811. The summed E-state index contributed by atoms with van der Waals surface area (Å²) in [4.78, 5) is 4.49. The van der Waals surface area contributed by atoms with E-state index in [0.29, 0.717) is 0 Å². The number of aryl methyl sites for hydroxylation is 2. The number of halogens is 1. The fraction of sp³-hybridized carbons (Fsp3) is 0.316. The number of thioether (sulfide) groups is 1. The molecule has 23 heavy (non-hydrogen) atoms. The largest absolute Gasteiger partial charge is 0.358 e. The molecule has 0 bridgehead atoms. The Balaban J connectivity index is 1.90. The van der Waals surface area contributed by atoms with Gasteiger partial charge in [-0.3, -0.25) is 4.99 Å². The van der Waals surface area contributed by atoms with Crippen LogP contribution in [0.2, 0.25) is 0 Å². The molecule has 0 aromatic heterocycles. The van der Waals surface area contributed by atoms with Gasteiger partial charge in [-0.15, -0.1) is 0 Å². The highest BCUT2D eigenvalue weighted by Crippen LogP contribution is 2.25. The second-order valence-electron chi connectivity index (χ2n) is 5.93. The number of benzene rings is 2. The van der Waals surface area contributed by atoms with Crippen LogP contribution in [0.3, 0.4) is 0 Å². The molecule has 3 rings (SSSR count). The van der Waals surface area contributed by atoms with E-state index in [9.17, 15) is 4.39 Å². The second-order valence-corrected chi connectivity index (χ2v) is 7.01. The summed E-state index contributed by atoms with van der Waals surface area (Å²) >= 11 is 1.73. The molecular weight excluding hydrogens is 307 g/mol. The molecule has 2 aromatic rings. The van der Waals surface area contributed by atoms with Crippen LogP contribution < -0.4 is 5.32 Å². The number of hydrogen-bond acceptors (Lipinski definition) is 3. The predicted molar refractivity (Wildman–Crippen MR) is 96.7 cm³/mol. The lowest BCUT2D eigenvalue weighted by Crippen LogP contribution is -2.28. The maximum Gasteiger partial charge on any atom is 0.157 e. The van der Waals surface area contributed by atoms with Crippen molar-refractivity contribution in [1.82, 2.24) is 5.32 Å². The van der Waals surface area contributed by atoms with Crippen LogP contribution in [0, 0.1) is 19.7 Å². The monoisotopic (exact) mass is 328 g/mol. The van der Waals surface area contributed by atoms with Gasteiger partial charge in [0.1, 0.15) is 5.82 Å². The Hall–Kier alpha value is -1.81. The normalized spacial score (nSPS) is 15.3. The van der Waals surface area contributed by atoms with Crippen LogP contribution >= 0.6 is 11.8 Å². The fourth-order valence-electron chi connectivity index (χ4n) is 2.87. The van der Waals surface area contributed by atoms with E-state index in [4.69, 9.17) is 0 Å². The number of hydrogen-bond donors (Lipinski definition) is 1. The van der Waals surface area contributed by atoms with Gasteiger partial charge in [-0.1, -0.05) is 47.7 Å². The smallest absolute Gasteiger partial charge is 0.157 e. The molecule has 0 fully saturated rings. The molecule has 0 saturated carbocycles. The lowest BCUT2D eigenvalue weighted by molar-refractivity contribution is 0.604. The van der Waals surface area contributed by atoms with Crippen LogP contribution in [0.5, 0.6) is 0 Å². The van der Waals surface area contributed by atoms with Crippen LogP contribution in [0.4, 0.5) is 4.39 Å². The molecule has 4 heteroatoms. The molecule has 0 saturated heterocycles. The van der Waals surface area contributed by atoms with Gasteiger partial charge in [-0.25, -0.2) is 4.39 Å². The van der Waals surface area contributed by atoms with E-state index < -0.39 is 0 Å². The Kier molecular flexibility index (Phi) is 5.01. The van der Waals surface area contributed by atoms with Crippen molar-refractivity contribution in [2.24, 2.45) is 4.99 Å². The van der Waals surface area contributed by atoms with Crippen LogP contribution in [0.15, 0.2) is 47.5 Å². The van der Waals surface area contributed by atoms with Gasteiger partial charge < -0.3 is 5.32 Å². The third kappa shape index (κ3) is 4.14. The van der Waals surface area contributed by atoms with Gasteiger partial charge in [-0.2, -0.15) is 0 Å². The summed E-state index contributed by atoms with van der Waals surface area (Å²) in [6.45, 7) is 4.98. The Labute approximate surface area is 141 Å². The summed E-state index contributed by atoms with van der Waals surface area (Å²) in [6, 6.07) is 13.5. The lowest BCUT2D eigenvalue weighted by atomic mass is 9.95. The van der Waals surface area contributed by atoms with Gasteiger partial charge in [0, 0.05) is 5.75 Å². The van der Waals surface area contributed by atoms with Gasteiger partial charge in [0.25, 0.3) is 0 Å². The maximum absolute atomic E-state index is 13.8. The zero-order valence-corrected chi connectivity index (χ0v) is 14.3. The number of nitrogens with zero attached hydrogens (tertiary/aromatic N) is 1. The summed E-state index contributed by atoms with van der Waals surface area (Å²) in [5.74, 6) is 0.824. The average molecular weight is 328 g/mol. The van der Waals surface area contributed by atoms with Gasteiger partial charge in [0.05, 0.1) is 12.6 Å². The number of nitrogens with one attached hydrogen (secondary N) is 1. The minimum Gasteiger partial charge on any atom is -0.358 e. The first kappa shape index (κ1) is 16.1. The van der Waals surface area contributed by atoms with Crippen molar-refractivity contribution in [3.8, 4) is 0 Å². The first-order chi connectivity index (χ1) is 11.1. The fourth-order valence-corrected chi connectivity index (χ4v) is 3.66. The minimum absolute atomic E-state index is 0.0249. The SMILES string of the molecule is Cc1cccc(CC(NC2=NCCS2)c2cc(F)ccc2C)c1. The van der Waals surface area contributed by atoms with Gasteiger partial charge >= 0.3 is 0 Å². The topological polar surface area (TPSA) is 24.4 Å². The molecule has 120 valence electrons. The van der Waals surface area contributed by atoms with Crippen LogP contribution in [0.1, 0.15) is 28.3 Å². The van der Waals surface area contributed by atoms with E-state index in [0.717, 1.165) is 35.0 Å². The van der Waals surface area contributed by atoms with Crippen LogP contribution in [-0.4, -0.2) is 17.5 Å². The van der Waals surface area contributed by atoms with Crippen molar-refractivity contribution >= 4 is 16.9 Å². The number of rotatable bonds is 4. The minimum atomic E-state index is -0.192. The molecule has 1 N–H and O–H groups in total. The Bertz CT molecular complexity index is 727. The molecule has 0 amide bonds. The number of amidine groups is 1. The first-order valence-electron chi connectivity index (χ1n) is 7.87. The standard InChI is InChI=1S/C19H21FN2S/c1-13-4-3-5-15(10-13)11-18(22-19-21-8-9-23-19)17-12-16(20)7-6-14(17)2/h3-7,10,12,18H,8-9,11H2,1-2H3,(H,21,22). The number of aliphatic imine (C=N–C) groups is 1. The Morgan fingerprint density at radius 1 is 1.22 bits per heavy atom. The second kappa shape index (κ2) is 7.18. The van der Waals surface area contributed by atoms with Gasteiger partial charge in [-0.05, 0) is 49.1 Å². The lowest BCUT2D eigenvalue weighted by Gasteiger charge is -2.22. The molecule has 0 aliphatic carbocycles. The zero-order chi connectivity index (χ0) is 16.2. The zero-order valence-electron chi connectivity index (χ0n) is 13.5. The Morgan fingerprint density at radius 2 is 2.09 bits per heavy atom. The molecule has 1 aliphatic heterocycles. The summed E-state index contributed by atoms with van der Waals surface area (Å²) in [7, 11) is 0. The molecule has 0 radical (unpaired) electrons. The first-order valence-corrected chi connectivity index (χ1v) is 8.86. The predicted octanol–water partition coefficient (Wildman–Crippen LogP) is 4.42. The van der Waals surface area contributed by atoms with Crippen molar-refractivity contribution in [3.63, 3.8) is 0 Å². The van der Waals surface area contributed by atoms with Crippen LogP contribution in [-0.2, 0) is 6.42 Å². The van der Waals surface area contributed by atoms with E-state index in [-0.39, 0.29) is 11.9 Å². The van der Waals surface area contributed by atoms with Gasteiger partial charge in [0.15, 0.2) is 5.17 Å². The van der Waals surface area contributed by atoms with Crippen molar-refractivity contribution in [2.75, 3.05) is 12.3 Å². The molecule has 1 unspecified atom stereocenters. The molecule has 2 nitrogen and oxygen atoms in total. The van der Waals surface area contributed by atoms with E-state index >= 15 is 0 Å². The molecular formula is C19H21FN2S. The van der Waals surface area contributed by atoms with E-state index in [1.54, 1.807) is 17.8 Å². The molecule has 1 atom stereocenters. The van der Waals surface area contributed by atoms with Gasteiger partial charge in [0.2, 0.25) is 0 Å². The highest BCUT2D eigenvalue weighted by atomic mass is 32.2. The van der Waals surface area contributed by atoms with E-state index in [1.165, 1.54) is 17.2 Å². The molecule has 2 aromatic carbocycles. The molecule has 1 heterocycles. The maximum atomic E-state index is 13.8. The Morgan fingerprint density at radius 3 is 2.83 bits per heavy atom. The third-order valence-corrected chi connectivity index (χ3v) is 4.93. The van der Waals surface area contributed by atoms with Crippen molar-refractivity contribution in [3.05, 3.63) is 70.5 Å². The van der Waals surface area contributed by atoms with Crippen molar-refractivity contribution in [2.45, 2.75) is 26.3 Å². The van der Waals surface area contributed by atoms with E-state index in [1.807, 2.05) is 13.0 Å². The van der Waals surface area contributed by atoms with E-state index in [2.05, 4.69) is 41.5 Å². The highest BCUT2D eigenvalue weighted by molar-refractivity contribution is 8.14. The summed E-state index contributed by atoms with van der Waals surface area (Å²) in [5, 5.41) is 4.48. The quantitative estimate of drug-likeness (QED) is 0.898.